The van der Waals surface area contributed by atoms with E-state index >= 15 is 0 Å². The molecule has 19 heavy (non-hydrogen) atoms. The van der Waals surface area contributed by atoms with Crippen molar-refractivity contribution in [1.29, 1.82) is 0 Å². The summed E-state index contributed by atoms with van der Waals surface area (Å²) < 4.78 is 0. The highest BCUT2D eigenvalue weighted by atomic mass is 15.2. The second kappa shape index (κ2) is 5.04. The number of hydrogen-bond acceptors (Lipinski definition) is 2. The summed E-state index contributed by atoms with van der Waals surface area (Å²) in [6.07, 6.45) is 13.5. The maximum atomic E-state index is 3.74. The Morgan fingerprint density at radius 2 is 1.74 bits per heavy atom. The van der Waals surface area contributed by atoms with E-state index < -0.39 is 0 Å². The molecule has 108 valence electrons. The monoisotopic (exact) mass is 262 g/mol. The molecular formula is C17H30N2. The minimum Gasteiger partial charge on any atom is -0.316 e. The van der Waals surface area contributed by atoms with E-state index in [1.807, 2.05) is 0 Å². The van der Waals surface area contributed by atoms with Gasteiger partial charge in [-0.3, -0.25) is 4.90 Å². The first-order chi connectivity index (χ1) is 9.40. The number of nitrogens with zero attached hydrogens (tertiary/aromatic N) is 1. The van der Waals surface area contributed by atoms with Gasteiger partial charge in [0.25, 0.3) is 0 Å². The van der Waals surface area contributed by atoms with Crippen LogP contribution in [0.25, 0.3) is 0 Å². The molecule has 1 N–H and O–H groups in total. The third-order valence-electron chi connectivity index (χ3n) is 6.98. The van der Waals surface area contributed by atoms with Crippen molar-refractivity contribution in [2.75, 3.05) is 26.2 Å². The molecule has 1 aliphatic carbocycles. The summed E-state index contributed by atoms with van der Waals surface area (Å²) in [5, 5.41) is 3.74. The van der Waals surface area contributed by atoms with Gasteiger partial charge in [-0.15, -0.1) is 0 Å². The molecule has 4 aliphatic rings. The SMILES string of the molecule is C1CCC(C2CNCCC23CCN2CCCCC23)C1. The van der Waals surface area contributed by atoms with Gasteiger partial charge in [0.15, 0.2) is 0 Å². The van der Waals surface area contributed by atoms with Gasteiger partial charge in [-0.05, 0) is 69.1 Å². The van der Waals surface area contributed by atoms with Crippen LogP contribution in [0, 0.1) is 17.3 Å². The predicted molar refractivity (Wildman–Crippen MR) is 79.2 cm³/mol. The zero-order chi connectivity index (χ0) is 12.7. The number of fused-ring (bicyclic) bond motifs is 2. The molecule has 2 heteroatoms. The molecule has 3 saturated heterocycles. The summed E-state index contributed by atoms with van der Waals surface area (Å²) in [5.41, 5.74) is 0.709. The van der Waals surface area contributed by atoms with Crippen LogP contribution in [0.4, 0.5) is 0 Å². The largest absolute Gasteiger partial charge is 0.316 e. The lowest BCUT2D eigenvalue weighted by molar-refractivity contribution is 0.00718. The molecule has 0 aromatic rings. The van der Waals surface area contributed by atoms with E-state index in [0.717, 1.165) is 17.9 Å². The van der Waals surface area contributed by atoms with Crippen molar-refractivity contribution in [1.82, 2.24) is 10.2 Å². The average molecular weight is 262 g/mol. The van der Waals surface area contributed by atoms with E-state index in [0.29, 0.717) is 5.41 Å². The maximum absolute atomic E-state index is 3.74. The number of piperidine rings is 2. The summed E-state index contributed by atoms with van der Waals surface area (Å²) in [5.74, 6) is 2.05. The van der Waals surface area contributed by atoms with Crippen LogP contribution in [0.3, 0.4) is 0 Å². The lowest BCUT2D eigenvalue weighted by Gasteiger charge is -2.50. The quantitative estimate of drug-likeness (QED) is 0.781. The second-order valence-electron chi connectivity index (χ2n) is 7.64. The van der Waals surface area contributed by atoms with Gasteiger partial charge in [0.05, 0.1) is 0 Å². The Labute approximate surface area is 118 Å². The van der Waals surface area contributed by atoms with Crippen LogP contribution in [0.15, 0.2) is 0 Å². The standard InChI is InChI=1S/C17H30N2/c1-2-6-14(5-1)15-13-18-10-8-17(15)9-12-19-11-4-3-7-16(17)19/h14-16,18H,1-13H2. The molecule has 0 radical (unpaired) electrons. The van der Waals surface area contributed by atoms with Gasteiger partial charge in [-0.2, -0.15) is 0 Å². The Kier molecular flexibility index (Phi) is 3.35. The first-order valence-electron chi connectivity index (χ1n) is 8.85. The molecule has 3 aliphatic heterocycles. The fourth-order valence-electron chi connectivity index (χ4n) is 6.12. The van der Waals surface area contributed by atoms with Crippen molar-refractivity contribution in [2.45, 2.75) is 63.8 Å². The molecule has 3 heterocycles. The molecule has 0 aromatic heterocycles. The summed E-state index contributed by atoms with van der Waals surface area (Å²) in [4.78, 5) is 2.87. The molecule has 0 aromatic carbocycles. The topological polar surface area (TPSA) is 15.3 Å². The zero-order valence-corrected chi connectivity index (χ0v) is 12.4. The van der Waals surface area contributed by atoms with E-state index in [2.05, 4.69) is 10.2 Å². The van der Waals surface area contributed by atoms with Crippen molar-refractivity contribution in [3.05, 3.63) is 0 Å². The van der Waals surface area contributed by atoms with Crippen molar-refractivity contribution < 1.29 is 0 Å². The molecule has 1 spiro atoms. The Hall–Kier alpha value is -0.0800. The highest BCUT2D eigenvalue weighted by Crippen LogP contribution is 2.54. The summed E-state index contributed by atoms with van der Waals surface area (Å²) in [6, 6.07) is 0.953. The van der Waals surface area contributed by atoms with Gasteiger partial charge in [-0.25, -0.2) is 0 Å². The fraction of sp³-hybridized carbons (Fsp3) is 1.00. The summed E-state index contributed by atoms with van der Waals surface area (Å²) in [6.45, 7) is 5.42. The highest BCUT2D eigenvalue weighted by molar-refractivity contribution is 5.07. The molecule has 4 rings (SSSR count). The second-order valence-corrected chi connectivity index (χ2v) is 7.64. The van der Waals surface area contributed by atoms with Gasteiger partial charge in [0, 0.05) is 6.04 Å². The minimum absolute atomic E-state index is 0.709. The van der Waals surface area contributed by atoms with Crippen LogP contribution in [0.5, 0.6) is 0 Å². The predicted octanol–water partition coefficient (Wildman–Crippen LogP) is 3.03. The van der Waals surface area contributed by atoms with Crippen molar-refractivity contribution in [3.63, 3.8) is 0 Å². The fourth-order valence-corrected chi connectivity index (χ4v) is 6.12. The Morgan fingerprint density at radius 1 is 0.895 bits per heavy atom. The van der Waals surface area contributed by atoms with Gasteiger partial charge in [0.2, 0.25) is 0 Å². The van der Waals surface area contributed by atoms with E-state index in [1.165, 1.54) is 84.0 Å². The number of rotatable bonds is 1. The average Bonchev–Trinajstić information content (AvgIpc) is 3.10. The molecule has 3 unspecified atom stereocenters. The lowest BCUT2D eigenvalue weighted by atomic mass is 9.60. The molecule has 3 atom stereocenters. The van der Waals surface area contributed by atoms with Crippen LogP contribution in [0.2, 0.25) is 0 Å². The van der Waals surface area contributed by atoms with Gasteiger partial charge >= 0.3 is 0 Å². The van der Waals surface area contributed by atoms with Crippen LogP contribution in [0.1, 0.15) is 57.8 Å². The van der Waals surface area contributed by atoms with E-state index in [4.69, 9.17) is 0 Å². The summed E-state index contributed by atoms with van der Waals surface area (Å²) >= 11 is 0. The number of nitrogens with one attached hydrogen (secondary N) is 1. The molecular weight excluding hydrogens is 232 g/mol. The molecule has 4 fully saturated rings. The van der Waals surface area contributed by atoms with E-state index in [1.54, 1.807) is 0 Å². The first-order valence-corrected chi connectivity index (χ1v) is 8.85. The zero-order valence-electron chi connectivity index (χ0n) is 12.4. The maximum Gasteiger partial charge on any atom is 0.0156 e. The van der Waals surface area contributed by atoms with Gasteiger partial charge in [0.1, 0.15) is 0 Å². The van der Waals surface area contributed by atoms with E-state index in [9.17, 15) is 0 Å². The molecule has 0 amide bonds. The molecule has 0 bridgehead atoms. The summed E-state index contributed by atoms with van der Waals surface area (Å²) in [7, 11) is 0. The van der Waals surface area contributed by atoms with Gasteiger partial charge in [-0.1, -0.05) is 32.1 Å². The van der Waals surface area contributed by atoms with Crippen LogP contribution >= 0.6 is 0 Å². The Bertz CT molecular complexity index is 323. The van der Waals surface area contributed by atoms with Crippen molar-refractivity contribution in [2.24, 2.45) is 17.3 Å². The molecule has 2 nitrogen and oxygen atoms in total. The van der Waals surface area contributed by atoms with Gasteiger partial charge < -0.3 is 5.32 Å². The van der Waals surface area contributed by atoms with Crippen LogP contribution in [-0.2, 0) is 0 Å². The van der Waals surface area contributed by atoms with Crippen LogP contribution < -0.4 is 5.32 Å². The van der Waals surface area contributed by atoms with Crippen molar-refractivity contribution in [3.8, 4) is 0 Å². The van der Waals surface area contributed by atoms with E-state index in [-0.39, 0.29) is 0 Å². The Morgan fingerprint density at radius 3 is 2.63 bits per heavy atom. The third kappa shape index (κ3) is 1.98. The number of hydrogen-bond donors (Lipinski definition) is 1. The van der Waals surface area contributed by atoms with Crippen molar-refractivity contribution >= 4 is 0 Å². The highest BCUT2D eigenvalue weighted by Gasteiger charge is 2.54. The normalized spacial score (nSPS) is 44.8. The minimum atomic E-state index is 0.709. The van der Waals surface area contributed by atoms with Crippen LogP contribution in [-0.4, -0.2) is 37.1 Å². The Balaban J connectivity index is 1.61. The lowest BCUT2D eigenvalue weighted by Crippen LogP contribution is -2.54. The smallest absolute Gasteiger partial charge is 0.0156 e. The third-order valence-corrected chi connectivity index (χ3v) is 6.98. The molecule has 1 saturated carbocycles. The first kappa shape index (κ1) is 12.6.